The molecule has 0 unspecified atom stereocenters. The monoisotopic (exact) mass is 240 g/mol. The molecule has 98 valence electrons. The Morgan fingerprint density at radius 1 is 1.24 bits per heavy atom. The molecule has 0 aliphatic heterocycles. The van der Waals surface area contributed by atoms with Crippen molar-refractivity contribution in [3.63, 3.8) is 0 Å². The van der Waals surface area contributed by atoms with E-state index in [1.54, 1.807) is 0 Å². The summed E-state index contributed by atoms with van der Waals surface area (Å²) in [5, 5.41) is 31.1. The predicted molar refractivity (Wildman–Crippen MR) is 64.4 cm³/mol. The molecule has 0 amide bonds. The molecule has 0 spiro atoms. The Morgan fingerprint density at radius 3 is 2.59 bits per heavy atom. The minimum Gasteiger partial charge on any atom is -0.396 e. The van der Waals surface area contributed by atoms with Crippen LogP contribution in [0.15, 0.2) is 0 Å². The Hall–Kier alpha value is -0.120. The van der Waals surface area contributed by atoms with Crippen LogP contribution in [0, 0.1) is 16.7 Å². The summed E-state index contributed by atoms with van der Waals surface area (Å²) in [5.41, 5.74) is -0.978. The largest absolute Gasteiger partial charge is 0.396 e. The number of hydrogen-bond acceptors (Lipinski definition) is 3. The standard InChI is InChI=1S/C14H24O3/c1-12-4-2-5-14(17,8-12)10-3-6-13(10,9-15)11(16)7-12/h10-11,15-17H,2-9H2,1H3/t10-,11-,12+,13-,14-/m1/s1. The van der Waals surface area contributed by atoms with Crippen LogP contribution in [-0.4, -0.2) is 33.6 Å². The van der Waals surface area contributed by atoms with Gasteiger partial charge in [0, 0.05) is 5.41 Å². The average Bonchev–Trinajstić information content (AvgIpc) is 2.16. The van der Waals surface area contributed by atoms with Crippen molar-refractivity contribution in [3.05, 3.63) is 0 Å². The molecule has 3 heteroatoms. The quantitative estimate of drug-likeness (QED) is 0.650. The maximum Gasteiger partial charge on any atom is 0.0688 e. The van der Waals surface area contributed by atoms with Gasteiger partial charge in [-0.15, -0.1) is 0 Å². The summed E-state index contributed by atoms with van der Waals surface area (Å²) < 4.78 is 0. The summed E-state index contributed by atoms with van der Waals surface area (Å²) >= 11 is 0. The Labute approximate surface area is 103 Å². The summed E-state index contributed by atoms with van der Waals surface area (Å²) in [6, 6.07) is 0. The van der Waals surface area contributed by atoms with Crippen LogP contribution in [0.25, 0.3) is 0 Å². The van der Waals surface area contributed by atoms with Gasteiger partial charge in [-0.05, 0) is 49.9 Å². The van der Waals surface area contributed by atoms with Gasteiger partial charge in [-0.1, -0.05) is 13.3 Å². The molecule has 3 aliphatic carbocycles. The van der Waals surface area contributed by atoms with Crippen molar-refractivity contribution in [1.82, 2.24) is 0 Å². The third-order valence-corrected chi connectivity index (χ3v) is 6.01. The zero-order valence-corrected chi connectivity index (χ0v) is 10.7. The Morgan fingerprint density at radius 2 is 2.00 bits per heavy atom. The number of fused-ring (bicyclic) bond motifs is 4. The van der Waals surface area contributed by atoms with E-state index >= 15 is 0 Å². The molecule has 3 nitrogen and oxygen atoms in total. The van der Waals surface area contributed by atoms with E-state index in [4.69, 9.17) is 0 Å². The molecule has 3 aliphatic rings. The molecule has 3 rings (SSSR count). The maximum absolute atomic E-state index is 10.9. The second kappa shape index (κ2) is 3.46. The number of aliphatic hydroxyl groups is 3. The second-order valence-corrected chi connectivity index (χ2v) is 7.15. The summed E-state index contributed by atoms with van der Waals surface area (Å²) in [6.45, 7) is 2.22. The minimum atomic E-state index is -0.633. The maximum atomic E-state index is 10.9. The highest BCUT2D eigenvalue weighted by atomic mass is 16.3. The minimum absolute atomic E-state index is 0.0250. The predicted octanol–water partition coefficient (Wildman–Crippen LogP) is 1.45. The Balaban J connectivity index is 2.02. The van der Waals surface area contributed by atoms with Crippen LogP contribution in [-0.2, 0) is 0 Å². The molecule has 3 saturated carbocycles. The molecule has 0 radical (unpaired) electrons. The summed E-state index contributed by atoms with van der Waals surface area (Å²) in [4.78, 5) is 0. The van der Waals surface area contributed by atoms with Crippen molar-refractivity contribution in [2.45, 2.75) is 63.6 Å². The number of hydrogen-bond donors (Lipinski definition) is 3. The lowest BCUT2D eigenvalue weighted by Crippen LogP contribution is -2.59. The van der Waals surface area contributed by atoms with Gasteiger partial charge < -0.3 is 15.3 Å². The molecule has 3 fully saturated rings. The highest BCUT2D eigenvalue weighted by Gasteiger charge is 2.64. The van der Waals surface area contributed by atoms with Crippen molar-refractivity contribution < 1.29 is 15.3 Å². The molecule has 3 N–H and O–H groups in total. The van der Waals surface area contributed by atoms with Gasteiger partial charge in [-0.2, -0.15) is 0 Å². The van der Waals surface area contributed by atoms with Crippen molar-refractivity contribution in [2.75, 3.05) is 6.61 Å². The van der Waals surface area contributed by atoms with E-state index in [1.165, 1.54) is 0 Å². The van der Waals surface area contributed by atoms with Crippen LogP contribution < -0.4 is 0 Å². The van der Waals surface area contributed by atoms with E-state index in [-0.39, 0.29) is 17.9 Å². The van der Waals surface area contributed by atoms with Gasteiger partial charge in [0.05, 0.1) is 18.3 Å². The van der Waals surface area contributed by atoms with Gasteiger partial charge in [0.2, 0.25) is 0 Å². The van der Waals surface area contributed by atoms with Crippen molar-refractivity contribution in [2.24, 2.45) is 16.7 Å². The molecule has 0 aromatic carbocycles. The molecule has 17 heavy (non-hydrogen) atoms. The van der Waals surface area contributed by atoms with Gasteiger partial charge in [-0.25, -0.2) is 0 Å². The molecule has 5 atom stereocenters. The smallest absolute Gasteiger partial charge is 0.0688 e. The van der Waals surface area contributed by atoms with Crippen molar-refractivity contribution in [3.8, 4) is 0 Å². The summed E-state index contributed by atoms with van der Waals surface area (Å²) in [7, 11) is 0. The number of aliphatic hydroxyl groups excluding tert-OH is 2. The van der Waals surface area contributed by atoms with Crippen LogP contribution in [0.4, 0.5) is 0 Å². The number of rotatable bonds is 1. The van der Waals surface area contributed by atoms with Crippen LogP contribution in [0.2, 0.25) is 0 Å². The van der Waals surface area contributed by atoms with Crippen LogP contribution >= 0.6 is 0 Å². The van der Waals surface area contributed by atoms with Gasteiger partial charge >= 0.3 is 0 Å². The molecule has 2 bridgehead atoms. The van der Waals surface area contributed by atoms with E-state index in [1.807, 2.05) is 0 Å². The molecular weight excluding hydrogens is 216 g/mol. The van der Waals surface area contributed by atoms with E-state index in [0.29, 0.717) is 0 Å². The highest BCUT2D eigenvalue weighted by Crippen LogP contribution is 2.64. The van der Waals surface area contributed by atoms with Gasteiger partial charge in [0.25, 0.3) is 0 Å². The first-order valence-corrected chi connectivity index (χ1v) is 6.96. The van der Waals surface area contributed by atoms with Gasteiger partial charge in [0.1, 0.15) is 0 Å². The lowest BCUT2D eigenvalue weighted by molar-refractivity contribution is -0.191. The highest BCUT2D eigenvalue weighted by molar-refractivity contribution is 5.14. The van der Waals surface area contributed by atoms with E-state index in [2.05, 4.69) is 6.92 Å². The third kappa shape index (κ3) is 1.45. The molecule has 0 heterocycles. The fraction of sp³-hybridized carbons (Fsp3) is 1.00. The average molecular weight is 240 g/mol. The third-order valence-electron chi connectivity index (χ3n) is 6.01. The fourth-order valence-electron chi connectivity index (χ4n) is 5.04. The fourth-order valence-corrected chi connectivity index (χ4v) is 5.04. The Kier molecular flexibility index (Phi) is 2.43. The van der Waals surface area contributed by atoms with Gasteiger partial charge in [0.15, 0.2) is 0 Å². The second-order valence-electron chi connectivity index (χ2n) is 7.15. The van der Waals surface area contributed by atoms with Crippen LogP contribution in [0.5, 0.6) is 0 Å². The zero-order valence-electron chi connectivity index (χ0n) is 10.7. The topological polar surface area (TPSA) is 60.7 Å². The molecule has 0 aromatic rings. The van der Waals surface area contributed by atoms with E-state index in [9.17, 15) is 15.3 Å². The lowest BCUT2D eigenvalue weighted by Gasteiger charge is -2.56. The van der Waals surface area contributed by atoms with Crippen molar-refractivity contribution in [1.29, 1.82) is 0 Å². The van der Waals surface area contributed by atoms with Crippen LogP contribution in [0.1, 0.15) is 51.9 Å². The SMILES string of the molecule is C[C@@]12CCC[C@@](O)(C1)[C@@H]1CC[C@]1(CO)[C@H](O)C2. The molecular formula is C14H24O3. The normalized spacial score (nSPS) is 57.9. The Bertz CT molecular complexity index is 327. The first-order chi connectivity index (χ1) is 7.94. The first-order valence-electron chi connectivity index (χ1n) is 6.96. The molecule has 0 aromatic heterocycles. The van der Waals surface area contributed by atoms with Crippen LogP contribution in [0.3, 0.4) is 0 Å². The zero-order chi connectivity index (χ0) is 12.3. The lowest BCUT2D eigenvalue weighted by atomic mass is 9.51. The van der Waals surface area contributed by atoms with Gasteiger partial charge in [-0.3, -0.25) is 0 Å². The van der Waals surface area contributed by atoms with E-state index in [0.717, 1.165) is 44.9 Å². The summed E-state index contributed by atoms with van der Waals surface area (Å²) in [5.74, 6) is 0.108. The summed E-state index contributed by atoms with van der Waals surface area (Å²) in [6.07, 6.45) is 5.94. The van der Waals surface area contributed by atoms with Crippen molar-refractivity contribution >= 4 is 0 Å². The van der Waals surface area contributed by atoms with E-state index < -0.39 is 17.1 Å². The first kappa shape index (κ1) is 11.9. The molecule has 0 saturated heterocycles.